The second kappa shape index (κ2) is 6.20. The third kappa shape index (κ3) is 3.56. The highest BCUT2D eigenvalue weighted by molar-refractivity contribution is 6.17. The molecule has 0 unspecified atom stereocenters. The molecule has 94 valence electrons. The van der Waals surface area contributed by atoms with Crippen LogP contribution in [0.4, 0.5) is 0 Å². The minimum Gasteiger partial charge on any atom is -0.299 e. The highest BCUT2D eigenvalue weighted by atomic mass is 35.5. The molecule has 1 saturated carbocycles. The lowest BCUT2D eigenvalue weighted by molar-refractivity contribution is -0.118. The van der Waals surface area contributed by atoms with Gasteiger partial charge in [0.15, 0.2) is 0 Å². The van der Waals surface area contributed by atoms with E-state index in [2.05, 4.69) is 5.10 Å². The van der Waals surface area contributed by atoms with Crippen molar-refractivity contribution in [3.63, 3.8) is 0 Å². The maximum absolute atomic E-state index is 11.6. The first-order chi connectivity index (χ1) is 8.29. The summed E-state index contributed by atoms with van der Waals surface area (Å²) in [6, 6.07) is 2.53. The van der Waals surface area contributed by atoms with Gasteiger partial charge in [-0.05, 0) is 25.3 Å². The fraction of sp³-hybridized carbons (Fsp3) is 0.692. The molecule has 4 heteroatoms. The Labute approximate surface area is 107 Å². The Morgan fingerprint density at radius 2 is 2.24 bits per heavy atom. The maximum Gasteiger partial charge on any atom is 0.138 e. The number of halogens is 1. The van der Waals surface area contributed by atoms with Gasteiger partial charge in [-0.2, -0.15) is 5.10 Å². The quantitative estimate of drug-likeness (QED) is 0.731. The van der Waals surface area contributed by atoms with Crippen molar-refractivity contribution in [2.75, 3.05) is 5.88 Å². The number of carbonyl (C=O) groups is 1. The molecule has 1 heterocycles. The molecular formula is C13H19ClN2O. The van der Waals surface area contributed by atoms with Crippen LogP contribution in [0.25, 0.3) is 0 Å². The van der Waals surface area contributed by atoms with E-state index in [-0.39, 0.29) is 5.78 Å². The van der Waals surface area contributed by atoms with Crippen molar-refractivity contribution in [1.29, 1.82) is 0 Å². The van der Waals surface area contributed by atoms with Crippen LogP contribution in [0, 0.1) is 0 Å². The Bertz CT molecular complexity index is 369. The third-order valence-electron chi connectivity index (χ3n) is 3.33. The summed E-state index contributed by atoms with van der Waals surface area (Å²) < 4.78 is 2.04. The molecule has 1 aliphatic rings. The summed E-state index contributed by atoms with van der Waals surface area (Å²) in [5, 5.41) is 4.50. The van der Waals surface area contributed by atoms with Gasteiger partial charge in [0.2, 0.25) is 0 Å². The Morgan fingerprint density at radius 3 is 2.94 bits per heavy atom. The number of hydrogen-bond donors (Lipinski definition) is 0. The predicted molar refractivity (Wildman–Crippen MR) is 68.4 cm³/mol. The van der Waals surface area contributed by atoms with E-state index in [4.69, 9.17) is 11.6 Å². The van der Waals surface area contributed by atoms with Crippen LogP contribution in [-0.2, 0) is 11.2 Å². The molecule has 0 spiro atoms. The first kappa shape index (κ1) is 12.6. The van der Waals surface area contributed by atoms with Crippen LogP contribution in [0.15, 0.2) is 12.3 Å². The van der Waals surface area contributed by atoms with Gasteiger partial charge < -0.3 is 0 Å². The Kier molecular flexibility index (Phi) is 4.60. The summed E-state index contributed by atoms with van der Waals surface area (Å²) in [6.45, 7) is 0. The Balaban J connectivity index is 1.87. The molecular weight excluding hydrogens is 236 g/mol. The van der Waals surface area contributed by atoms with Crippen LogP contribution in [0.1, 0.15) is 50.3 Å². The topological polar surface area (TPSA) is 34.9 Å². The summed E-state index contributed by atoms with van der Waals surface area (Å²) in [5.41, 5.74) is 0.900. The Morgan fingerprint density at radius 1 is 1.47 bits per heavy atom. The monoisotopic (exact) mass is 254 g/mol. The molecule has 0 saturated heterocycles. The molecule has 0 atom stereocenters. The van der Waals surface area contributed by atoms with Crippen LogP contribution in [-0.4, -0.2) is 21.4 Å². The van der Waals surface area contributed by atoms with Crippen molar-refractivity contribution in [2.45, 2.75) is 51.0 Å². The van der Waals surface area contributed by atoms with Gasteiger partial charge in [-0.3, -0.25) is 9.48 Å². The average Bonchev–Trinajstić information content (AvgIpc) is 2.95. The van der Waals surface area contributed by atoms with Crippen molar-refractivity contribution in [3.8, 4) is 0 Å². The molecule has 1 aliphatic carbocycles. The average molecular weight is 255 g/mol. The van der Waals surface area contributed by atoms with Crippen LogP contribution in [0.3, 0.4) is 0 Å². The van der Waals surface area contributed by atoms with E-state index in [0.717, 1.165) is 12.1 Å². The molecule has 3 nitrogen and oxygen atoms in total. The molecule has 0 amide bonds. The molecule has 2 rings (SSSR count). The summed E-state index contributed by atoms with van der Waals surface area (Å²) in [4.78, 5) is 11.6. The van der Waals surface area contributed by atoms with Gasteiger partial charge in [0.25, 0.3) is 0 Å². The number of Topliss-reactive ketones (excluding diaryl/α,β-unsaturated/α-hetero) is 1. The summed E-state index contributed by atoms with van der Waals surface area (Å²) >= 11 is 5.57. The first-order valence-corrected chi connectivity index (χ1v) is 6.95. The molecule has 0 aromatic carbocycles. The van der Waals surface area contributed by atoms with Crippen LogP contribution >= 0.6 is 11.6 Å². The van der Waals surface area contributed by atoms with Crippen molar-refractivity contribution in [2.24, 2.45) is 0 Å². The lowest BCUT2D eigenvalue weighted by Gasteiger charge is -2.08. The van der Waals surface area contributed by atoms with Crippen LogP contribution in [0.2, 0.25) is 0 Å². The second-order valence-corrected chi connectivity index (χ2v) is 5.11. The van der Waals surface area contributed by atoms with E-state index in [0.29, 0.717) is 24.8 Å². The van der Waals surface area contributed by atoms with E-state index < -0.39 is 0 Å². The normalized spacial score (nSPS) is 16.5. The van der Waals surface area contributed by atoms with Crippen LogP contribution in [0.5, 0.6) is 0 Å². The zero-order valence-electron chi connectivity index (χ0n) is 10.1. The van der Waals surface area contributed by atoms with Gasteiger partial charge in [-0.25, -0.2) is 0 Å². The van der Waals surface area contributed by atoms with Crippen molar-refractivity contribution < 1.29 is 4.79 Å². The molecule has 17 heavy (non-hydrogen) atoms. The highest BCUT2D eigenvalue weighted by Gasteiger charge is 2.17. The number of hydrogen-bond acceptors (Lipinski definition) is 2. The summed E-state index contributed by atoms with van der Waals surface area (Å²) in [5.74, 6) is 0.796. The fourth-order valence-corrected chi connectivity index (χ4v) is 2.53. The molecule has 1 fully saturated rings. The summed E-state index contributed by atoms with van der Waals surface area (Å²) in [6.07, 6.45) is 8.85. The second-order valence-electron chi connectivity index (χ2n) is 4.73. The predicted octanol–water partition coefficient (Wildman–Crippen LogP) is 3.13. The summed E-state index contributed by atoms with van der Waals surface area (Å²) in [7, 11) is 0. The molecule has 0 bridgehead atoms. The molecule has 1 aromatic rings. The maximum atomic E-state index is 11.6. The van der Waals surface area contributed by atoms with Gasteiger partial charge in [-0.1, -0.05) is 12.8 Å². The van der Waals surface area contributed by atoms with E-state index in [1.54, 1.807) is 0 Å². The largest absolute Gasteiger partial charge is 0.299 e. The SMILES string of the molecule is O=C(CCCCl)Cc1ccn(C2CCCC2)n1. The number of alkyl halides is 1. The van der Waals surface area contributed by atoms with Gasteiger partial charge in [-0.15, -0.1) is 11.6 Å². The van der Waals surface area contributed by atoms with E-state index in [1.807, 2.05) is 16.9 Å². The molecule has 0 radical (unpaired) electrons. The van der Waals surface area contributed by atoms with Crippen molar-refractivity contribution in [1.82, 2.24) is 9.78 Å². The van der Waals surface area contributed by atoms with Crippen molar-refractivity contribution in [3.05, 3.63) is 18.0 Å². The van der Waals surface area contributed by atoms with Gasteiger partial charge in [0, 0.05) is 18.5 Å². The Hall–Kier alpha value is -0.830. The zero-order valence-corrected chi connectivity index (χ0v) is 10.8. The third-order valence-corrected chi connectivity index (χ3v) is 3.60. The van der Waals surface area contributed by atoms with Gasteiger partial charge >= 0.3 is 0 Å². The standard InChI is InChI=1S/C13H19ClN2O/c14-8-3-6-13(17)10-11-7-9-16(15-11)12-4-1-2-5-12/h7,9,12H,1-6,8,10H2. The number of rotatable bonds is 6. The highest BCUT2D eigenvalue weighted by Crippen LogP contribution is 2.28. The number of carbonyl (C=O) groups excluding carboxylic acids is 1. The lowest BCUT2D eigenvalue weighted by atomic mass is 10.1. The zero-order chi connectivity index (χ0) is 12.1. The van der Waals surface area contributed by atoms with E-state index in [1.165, 1.54) is 25.7 Å². The van der Waals surface area contributed by atoms with Crippen molar-refractivity contribution >= 4 is 17.4 Å². The minimum absolute atomic E-state index is 0.238. The first-order valence-electron chi connectivity index (χ1n) is 6.41. The molecule has 1 aromatic heterocycles. The van der Waals surface area contributed by atoms with Gasteiger partial charge in [0.1, 0.15) is 5.78 Å². The van der Waals surface area contributed by atoms with E-state index >= 15 is 0 Å². The number of aromatic nitrogens is 2. The molecule has 0 N–H and O–H groups in total. The molecule has 0 aliphatic heterocycles. The van der Waals surface area contributed by atoms with E-state index in [9.17, 15) is 4.79 Å². The van der Waals surface area contributed by atoms with Gasteiger partial charge in [0.05, 0.1) is 18.2 Å². The fourth-order valence-electron chi connectivity index (χ4n) is 2.40. The smallest absolute Gasteiger partial charge is 0.138 e. The number of ketones is 1. The minimum atomic E-state index is 0.238. The van der Waals surface area contributed by atoms with Crippen LogP contribution < -0.4 is 0 Å². The number of nitrogens with zero attached hydrogens (tertiary/aromatic N) is 2. The lowest BCUT2D eigenvalue weighted by Crippen LogP contribution is -2.08.